The van der Waals surface area contributed by atoms with Gasteiger partial charge in [-0.2, -0.15) is 0 Å². The van der Waals surface area contributed by atoms with Gasteiger partial charge in [0.15, 0.2) is 0 Å². The fourth-order valence-electron chi connectivity index (χ4n) is 1.11. The number of carbonyl (C=O) groups excluding carboxylic acids is 1. The minimum atomic E-state index is -1.04. The van der Waals surface area contributed by atoms with Crippen LogP contribution < -0.4 is 11.1 Å². The van der Waals surface area contributed by atoms with Crippen LogP contribution in [0.5, 0.6) is 0 Å². The highest BCUT2D eigenvalue weighted by Gasteiger charge is 2.18. The molecular formula is C11H18N2O3. The van der Waals surface area contributed by atoms with Crippen LogP contribution in [0.4, 0.5) is 0 Å². The van der Waals surface area contributed by atoms with Gasteiger partial charge >= 0.3 is 5.97 Å². The average Bonchev–Trinajstić information content (AvgIpc) is 2.25. The van der Waals surface area contributed by atoms with Gasteiger partial charge in [-0.3, -0.25) is 4.79 Å². The highest BCUT2D eigenvalue weighted by Crippen LogP contribution is 2.00. The standard InChI is InChI=1S/C11H18N2O3/c1-2-3-7-10(14)13-9(11(15)16)6-4-5-8-12/h9H,2,4-6,8,12H2,1H3,(H,13,14)(H,15,16)/t9-/m0/s1. The molecule has 0 aromatic carbocycles. The zero-order valence-corrected chi connectivity index (χ0v) is 9.45. The monoisotopic (exact) mass is 226 g/mol. The van der Waals surface area contributed by atoms with Crippen molar-refractivity contribution in [3.63, 3.8) is 0 Å². The van der Waals surface area contributed by atoms with Crippen LogP contribution in [0.3, 0.4) is 0 Å². The topological polar surface area (TPSA) is 92.4 Å². The Balaban J connectivity index is 4.12. The van der Waals surface area contributed by atoms with E-state index in [2.05, 4.69) is 17.2 Å². The maximum absolute atomic E-state index is 11.2. The molecule has 5 heteroatoms. The van der Waals surface area contributed by atoms with E-state index in [0.29, 0.717) is 25.8 Å². The van der Waals surface area contributed by atoms with E-state index in [9.17, 15) is 9.59 Å². The minimum Gasteiger partial charge on any atom is -0.480 e. The smallest absolute Gasteiger partial charge is 0.326 e. The number of carboxylic acids is 1. The summed E-state index contributed by atoms with van der Waals surface area (Å²) in [6.07, 6.45) is 2.37. The van der Waals surface area contributed by atoms with Gasteiger partial charge in [-0.15, -0.1) is 0 Å². The normalized spacial score (nSPS) is 11.1. The molecule has 1 atom stereocenters. The summed E-state index contributed by atoms with van der Waals surface area (Å²) in [6.45, 7) is 2.34. The molecule has 0 aromatic heterocycles. The third kappa shape index (κ3) is 6.85. The average molecular weight is 226 g/mol. The lowest BCUT2D eigenvalue weighted by Gasteiger charge is -2.11. The Morgan fingerprint density at radius 3 is 2.62 bits per heavy atom. The molecule has 1 amide bonds. The number of nitrogens with two attached hydrogens (primary N) is 1. The molecule has 4 N–H and O–H groups in total. The zero-order chi connectivity index (χ0) is 12.4. The van der Waals surface area contributed by atoms with Crippen molar-refractivity contribution in [3.8, 4) is 11.8 Å². The van der Waals surface area contributed by atoms with Crippen LogP contribution in [0, 0.1) is 11.8 Å². The molecule has 5 nitrogen and oxygen atoms in total. The fraction of sp³-hybridized carbons (Fsp3) is 0.636. The van der Waals surface area contributed by atoms with Crippen LogP contribution in [0.15, 0.2) is 0 Å². The molecule has 0 fully saturated rings. The Morgan fingerprint density at radius 1 is 1.44 bits per heavy atom. The molecule has 90 valence electrons. The SMILES string of the molecule is CCC#CC(=O)N[C@@H](CCCCN)C(=O)O. The molecule has 0 rings (SSSR count). The lowest BCUT2D eigenvalue weighted by atomic mass is 10.1. The maximum atomic E-state index is 11.2. The fourth-order valence-corrected chi connectivity index (χ4v) is 1.11. The zero-order valence-electron chi connectivity index (χ0n) is 9.45. The second-order valence-corrected chi connectivity index (χ2v) is 3.30. The second-order valence-electron chi connectivity index (χ2n) is 3.30. The van der Waals surface area contributed by atoms with Crippen LogP contribution in [0.25, 0.3) is 0 Å². The summed E-state index contributed by atoms with van der Waals surface area (Å²) in [4.78, 5) is 22.0. The van der Waals surface area contributed by atoms with Crippen LogP contribution >= 0.6 is 0 Å². The lowest BCUT2D eigenvalue weighted by molar-refractivity contribution is -0.141. The first-order chi connectivity index (χ1) is 7.61. The molecule has 0 unspecified atom stereocenters. The second kappa shape index (κ2) is 8.74. The molecule has 0 aromatic rings. The van der Waals surface area contributed by atoms with E-state index >= 15 is 0 Å². The third-order valence-electron chi connectivity index (χ3n) is 1.93. The molecular weight excluding hydrogens is 208 g/mol. The number of hydrogen-bond acceptors (Lipinski definition) is 3. The molecule has 0 aliphatic heterocycles. The highest BCUT2D eigenvalue weighted by molar-refractivity contribution is 5.95. The number of carbonyl (C=O) groups is 2. The first-order valence-corrected chi connectivity index (χ1v) is 5.34. The van der Waals surface area contributed by atoms with Crippen molar-refractivity contribution in [2.75, 3.05) is 6.54 Å². The molecule has 0 bridgehead atoms. The highest BCUT2D eigenvalue weighted by atomic mass is 16.4. The van der Waals surface area contributed by atoms with Crippen LogP contribution in [0.2, 0.25) is 0 Å². The largest absolute Gasteiger partial charge is 0.480 e. The van der Waals surface area contributed by atoms with E-state index < -0.39 is 17.9 Å². The molecule has 0 spiro atoms. The summed E-state index contributed by atoms with van der Waals surface area (Å²) in [5.74, 6) is 3.33. The quantitative estimate of drug-likeness (QED) is 0.442. The van der Waals surface area contributed by atoms with Gasteiger partial charge in [-0.25, -0.2) is 4.79 Å². The number of amides is 1. The maximum Gasteiger partial charge on any atom is 0.326 e. The lowest BCUT2D eigenvalue weighted by Crippen LogP contribution is -2.40. The molecule has 0 saturated carbocycles. The summed E-state index contributed by atoms with van der Waals surface area (Å²) in [6, 6.07) is -0.870. The molecule has 0 radical (unpaired) electrons. The number of carboxylic acid groups (broad SMARTS) is 1. The number of aliphatic carboxylic acids is 1. The third-order valence-corrected chi connectivity index (χ3v) is 1.93. The van der Waals surface area contributed by atoms with Crippen molar-refractivity contribution in [2.45, 2.75) is 38.6 Å². The Hall–Kier alpha value is -1.54. The van der Waals surface area contributed by atoms with Crippen molar-refractivity contribution >= 4 is 11.9 Å². The van der Waals surface area contributed by atoms with Gasteiger partial charge in [0.05, 0.1) is 0 Å². The van der Waals surface area contributed by atoms with Crippen molar-refractivity contribution in [3.05, 3.63) is 0 Å². The molecule has 0 heterocycles. The summed E-state index contributed by atoms with van der Waals surface area (Å²) >= 11 is 0. The number of rotatable bonds is 6. The van der Waals surface area contributed by atoms with E-state index in [4.69, 9.17) is 10.8 Å². The molecule has 0 aliphatic carbocycles. The number of nitrogens with one attached hydrogen (secondary N) is 1. The van der Waals surface area contributed by atoms with Crippen molar-refractivity contribution < 1.29 is 14.7 Å². The van der Waals surface area contributed by atoms with E-state index in [1.807, 2.05) is 6.92 Å². The molecule has 0 aliphatic rings. The summed E-state index contributed by atoms with van der Waals surface area (Å²) < 4.78 is 0. The van der Waals surface area contributed by atoms with Crippen molar-refractivity contribution in [2.24, 2.45) is 5.73 Å². The van der Waals surface area contributed by atoms with Gasteiger partial charge in [0.25, 0.3) is 5.91 Å². The predicted molar refractivity (Wildman–Crippen MR) is 60.5 cm³/mol. The Labute approximate surface area is 95.4 Å². The summed E-state index contributed by atoms with van der Waals surface area (Å²) in [5.41, 5.74) is 5.30. The van der Waals surface area contributed by atoms with E-state index in [1.165, 1.54) is 0 Å². The van der Waals surface area contributed by atoms with Gasteiger partial charge in [-0.05, 0) is 31.7 Å². The molecule has 0 saturated heterocycles. The van der Waals surface area contributed by atoms with E-state index in [-0.39, 0.29) is 0 Å². The first kappa shape index (κ1) is 14.5. The summed E-state index contributed by atoms with van der Waals surface area (Å²) in [7, 11) is 0. The van der Waals surface area contributed by atoms with Gasteiger partial charge in [0, 0.05) is 6.42 Å². The van der Waals surface area contributed by atoms with Crippen LogP contribution in [-0.4, -0.2) is 29.6 Å². The van der Waals surface area contributed by atoms with Gasteiger partial charge in [-0.1, -0.05) is 12.8 Å². The number of hydrogen-bond donors (Lipinski definition) is 3. The minimum absolute atomic E-state index is 0.381. The first-order valence-electron chi connectivity index (χ1n) is 5.34. The predicted octanol–water partition coefficient (Wildman–Crippen LogP) is 0.0982. The van der Waals surface area contributed by atoms with E-state index in [0.717, 1.165) is 6.42 Å². The van der Waals surface area contributed by atoms with Gasteiger partial charge < -0.3 is 16.2 Å². The Morgan fingerprint density at radius 2 is 2.12 bits per heavy atom. The Kier molecular flexibility index (Phi) is 7.90. The Bertz CT molecular complexity index is 291. The number of unbranched alkanes of at least 4 members (excludes halogenated alkanes) is 1. The van der Waals surface area contributed by atoms with E-state index in [1.54, 1.807) is 0 Å². The van der Waals surface area contributed by atoms with Gasteiger partial charge in [0.2, 0.25) is 0 Å². The van der Waals surface area contributed by atoms with Gasteiger partial charge in [0.1, 0.15) is 6.04 Å². The molecule has 16 heavy (non-hydrogen) atoms. The van der Waals surface area contributed by atoms with Crippen molar-refractivity contribution in [1.82, 2.24) is 5.32 Å². The van der Waals surface area contributed by atoms with Crippen LogP contribution in [0.1, 0.15) is 32.6 Å². The van der Waals surface area contributed by atoms with Crippen LogP contribution in [-0.2, 0) is 9.59 Å². The summed E-state index contributed by atoms with van der Waals surface area (Å²) in [5, 5.41) is 11.2. The van der Waals surface area contributed by atoms with Crippen molar-refractivity contribution in [1.29, 1.82) is 0 Å².